The van der Waals surface area contributed by atoms with Crippen molar-refractivity contribution in [1.29, 1.82) is 5.26 Å². The number of hydrogen-bond acceptors (Lipinski definition) is 2. The molecule has 62 valence electrons. The number of carbonyl (C=O) groups is 1. The first-order valence-electron chi connectivity index (χ1n) is 3.54. The number of nitrogens with one attached hydrogen (secondary N) is 1. The summed E-state index contributed by atoms with van der Waals surface area (Å²) in [5.74, 6) is -1.04. The Balaban J connectivity index is 3.16. The van der Waals surface area contributed by atoms with Crippen LogP contribution in [0.4, 0.5) is 0 Å². The molecule has 0 aromatic carbocycles. The summed E-state index contributed by atoms with van der Waals surface area (Å²) < 4.78 is 0. The third-order valence-corrected chi connectivity index (χ3v) is 1.60. The normalized spacial score (nSPS) is 9.33. The maximum Gasteiger partial charge on any atom is 0.352 e. The lowest BCUT2D eigenvalue weighted by molar-refractivity contribution is 0.0691. The summed E-state index contributed by atoms with van der Waals surface area (Å²) >= 11 is 0. The molecule has 1 rings (SSSR count). The van der Waals surface area contributed by atoms with Crippen molar-refractivity contribution >= 4 is 5.97 Å². The van der Waals surface area contributed by atoms with E-state index in [-0.39, 0.29) is 5.69 Å². The smallest absolute Gasteiger partial charge is 0.352 e. The van der Waals surface area contributed by atoms with E-state index >= 15 is 0 Å². The topological polar surface area (TPSA) is 76.9 Å². The van der Waals surface area contributed by atoms with E-state index < -0.39 is 5.97 Å². The van der Waals surface area contributed by atoms with Crippen molar-refractivity contribution in [2.75, 3.05) is 0 Å². The van der Waals surface area contributed by atoms with Crippen LogP contribution in [0.5, 0.6) is 0 Å². The van der Waals surface area contributed by atoms with Crippen LogP contribution in [-0.2, 0) is 6.42 Å². The molecule has 2 N–H and O–H groups in total. The van der Waals surface area contributed by atoms with Crippen molar-refractivity contribution in [2.24, 2.45) is 0 Å². The first kappa shape index (κ1) is 8.34. The molecule has 0 aliphatic heterocycles. The van der Waals surface area contributed by atoms with Crippen molar-refractivity contribution < 1.29 is 9.90 Å². The quantitative estimate of drug-likeness (QED) is 0.688. The second-order valence-electron chi connectivity index (χ2n) is 2.35. The molecule has 1 heterocycles. The van der Waals surface area contributed by atoms with Crippen molar-refractivity contribution in [3.05, 3.63) is 23.0 Å². The molecule has 1 aromatic heterocycles. The number of aryl methyl sites for hydroxylation is 1. The minimum absolute atomic E-state index is 0.0726. The summed E-state index contributed by atoms with van der Waals surface area (Å²) in [5, 5.41) is 17.2. The number of rotatable bonds is 2. The van der Waals surface area contributed by atoms with Crippen LogP contribution in [-0.4, -0.2) is 16.1 Å². The summed E-state index contributed by atoms with van der Waals surface area (Å²) in [4.78, 5) is 13.1. The lowest BCUT2D eigenvalue weighted by Gasteiger charge is -1.88. The number of carboxylic acid groups (broad SMARTS) is 1. The second-order valence-corrected chi connectivity index (χ2v) is 2.35. The molecule has 0 spiro atoms. The van der Waals surface area contributed by atoms with Gasteiger partial charge in [-0.15, -0.1) is 0 Å². The molecule has 0 aliphatic rings. The minimum Gasteiger partial charge on any atom is -0.477 e. The van der Waals surface area contributed by atoms with Crippen LogP contribution in [0, 0.1) is 11.3 Å². The second kappa shape index (κ2) is 3.09. The van der Waals surface area contributed by atoms with E-state index in [0.29, 0.717) is 17.7 Å². The number of carboxylic acids is 1. The van der Waals surface area contributed by atoms with Crippen molar-refractivity contribution in [3.63, 3.8) is 0 Å². The highest BCUT2D eigenvalue weighted by Gasteiger charge is 2.10. The van der Waals surface area contributed by atoms with Crippen LogP contribution in [0.15, 0.2) is 6.07 Å². The molecule has 0 aliphatic carbocycles. The van der Waals surface area contributed by atoms with Gasteiger partial charge in [-0.05, 0) is 12.5 Å². The van der Waals surface area contributed by atoms with E-state index in [4.69, 9.17) is 10.4 Å². The zero-order valence-electron chi connectivity index (χ0n) is 6.59. The number of hydrogen-bond donors (Lipinski definition) is 2. The highest BCUT2D eigenvalue weighted by atomic mass is 16.4. The molecule has 1 aromatic rings. The third kappa shape index (κ3) is 1.30. The van der Waals surface area contributed by atoms with Crippen molar-refractivity contribution in [3.8, 4) is 6.07 Å². The van der Waals surface area contributed by atoms with Crippen LogP contribution in [0.3, 0.4) is 0 Å². The number of aromatic nitrogens is 1. The van der Waals surface area contributed by atoms with E-state index in [1.807, 2.05) is 13.0 Å². The van der Waals surface area contributed by atoms with Gasteiger partial charge in [-0.2, -0.15) is 5.26 Å². The molecule has 0 unspecified atom stereocenters. The lowest BCUT2D eigenvalue weighted by atomic mass is 10.2. The number of aromatic amines is 1. The van der Waals surface area contributed by atoms with Gasteiger partial charge in [0.15, 0.2) is 0 Å². The van der Waals surface area contributed by atoms with Gasteiger partial charge in [-0.1, -0.05) is 6.92 Å². The fourth-order valence-corrected chi connectivity index (χ4v) is 0.991. The Hall–Kier alpha value is -1.76. The molecule has 0 saturated carbocycles. The van der Waals surface area contributed by atoms with E-state index in [9.17, 15) is 4.79 Å². The highest BCUT2D eigenvalue weighted by molar-refractivity contribution is 5.86. The lowest BCUT2D eigenvalue weighted by Crippen LogP contribution is -1.95. The molecule has 4 heteroatoms. The molecular weight excluding hydrogens is 156 g/mol. The molecule has 0 fully saturated rings. The van der Waals surface area contributed by atoms with Crippen LogP contribution >= 0.6 is 0 Å². The Morgan fingerprint density at radius 2 is 2.50 bits per heavy atom. The Morgan fingerprint density at radius 1 is 1.83 bits per heavy atom. The van der Waals surface area contributed by atoms with E-state index in [0.717, 1.165) is 0 Å². The van der Waals surface area contributed by atoms with Crippen LogP contribution in [0.25, 0.3) is 0 Å². The van der Waals surface area contributed by atoms with E-state index in [1.54, 1.807) is 0 Å². The zero-order valence-corrected chi connectivity index (χ0v) is 6.59. The minimum atomic E-state index is -1.04. The van der Waals surface area contributed by atoms with Gasteiger partial charge in [-0.25, -0.2) is 4.79 Å². The average Bonchev–Trinajstić information content (AvgIpc) is 2.46. The molecule has 4 nitrogen and oxygen atoms in total. The van der Waals surface area contributed by atoms with Gasteiger partial charge in [0.1, 0.15) is 11.8 Å². The molecule has 0 atom stereocenters. The average molecular weight is 164 g/mol. The predicted octanol–water partition coefficient (Wildman–Crippen LogP) is 1.15. The number of nitrogens with zero attached hydrogens (tertiary/aromatic N) is 1. The standard InChI is InChI=1S/C8H8N2O2/c1-2-6-5(4-9)3-7(10-6)8(11)12/h3,10H,2H2,1H3,(H,11,12). The maximum absolute atomic E-state index is 10.5. The first-order chi connectivity index (χ1) is 5.69. The summed E-state index contributed by atoms with van der Waals surface area (Å²) in [6.45, 7) is 1.86. The molecule has 0 radical (unpaired) electrons. The summed E-state index contributed by atoms with van der Waals surface area (Å²) in [5.41, 5.74) is 1.16. The number of nitriles is 1. The first-order valence-corrected chi connectivity index (χ1v) is 3.54. The Morgan fingerprint density at radius 3 is 2.83 bits per heavy atom. The number of aromatic carboxylic acids is 1. The molecule has 0 amide bonds. The Labute approximate surface area is 69.4 Å². The Bertz CT molecular complexity index is 346. The van der Waals surface area contributed by atoms with Gasteiger partial charge in [-0.3, -0.25) is 0 Å². The molecular formula is C8H8N2O2. The van der Waals surface area contributed by atoms with Gasteiger partial charge in [0.2, 0.25) is 0 Å². The van der Waals surface area contributed by atoms with Crippen LogP contribution in [0.1, 0.15) is 28.7 Å². The summed E-state index contributed by atoms with van der Waals surface area (Å²) in [6, 6.07) is 3.28. The maximum atomic E-state index is 10.5. The van der Waals surface area contributed by atoms with E-state index in [2.05, 4.69) is 4.98 Å². The summed E-state index contributed by atoms with van der Waals surface area (Å²) in [7, 11) is 0. The fraction of sp³-hybridized carbons (Fsp3) is 0.250. The SMILES string of the molecule is CCc1[nH]c(C(=O)O)cc1C#N. The largest absolute Gasteiger partial charge is 0.477 e. The monoisotopic (exact) mass is 164 g/mol. The van der Waals surface area contributed by atoms with Crippen molar-refractivity contribution in [1.82, 2.24) is 4.98 Å². The highest BCUT2D eigenvalue weighted by Crippen LogP contribution is 2.10. The fourth-order valence-electron chi connectivity index (χ4n) is 0.991. The Kier molecular flexibility index (Phi) is 2.15. The molecule has 12 heavy (non-hydrogen) atoms. The van der Waals surface area contributed by atoms with Gasteiger partial charge in [0, 0.05) is 5.69 Å². The molecule has 0 saturated heterocycles. The zero-order chi connectivity index (χ0) is 9.14. The number of H-pyrrole nitrogens is 1. The van der Waals surface area contributed by atoms with Crippen molar-refractivity contribution in [2.45, 2.75) is 13.3 Å². The van der Waals surface area contributed by atoms with Crippen LogP contribution in [0.2, 0.25) is 0 Å². The van der Waals surface area contributed by atoms with Crippen LogP contribution < -0.4 is 0 Å². The third-order valence-electron chi connectivity index (χ3n) is 1.60. The predicted molar refractivity (Wildman–Crippen MR) is 41.8 cm³/mol. The van der Waals surface area contributed by atoms with Gasteiger partial charge in [0.25, 0.3) is 0 Å². The van der Waals surface area contributed by atoms with Gasteiger partial charge >= 0.3 is 5.97 Å². The van der Waals surface area contributed by atoms with E-state index in [1.165, 1.54) is 6.07 Å². The van der Waals surface area contributed by atoms with Gasteiger partial charge in [0.05, 0.1) is 5.56 Å². The molecule has 0 bridgehead atoms. The van der Waals surface area contributed by atoms with Gasteiger partial charge < -0.3 is 10.1 Å². The summed E-state index contributed by atoms with van der Waals surface area (Å²) in [6.07, 6.45) is 0.635.